The summed E-state index contributed by atoms with van der Waals surface area (Å²) in [5, 5.41) is 0. The van der Waals surface area contributed by atoms with E-state index in [1.54, 1.807) is 0 Å². The molecule has 0 amide bonds. The summed E-state index contributed by atoms with van der Waals surface area (Å²) in [6, 6.07) is 0. The van der Waals surface area contributed by atoms with Crippen molar-refractivity contribution in [2.75, 3.05) is 7.05 Å². The van der Waals surface area contributed by atoms with Crippen LogP contribution in [0.3, 0.4) is 0 Å². The van der Waals surface area contributed by atoms with Gasteiger partial charge in [0.25, 0.3) is 0 Å². The van der Waals surface area contributed by atoms with Crippen LogP contribution in [0.1, 0.15) is 32.1 Å². The summed E-state index contributed by atoms with van der Waals surface area (Å²) in [4.78, 5) is 4.35. The summed E-state index contributed by atoms with van der Waals surface area (Å²) in [6.07, 6.45) is 7.11. The molecule has 0 aliphatic heterocycles. The molecule has 0 saturated heterocycles. The Labute approximate surface area is 62.5 Å². The van der Waals surface area contributed by atoms with Gasteiger partial charge in [0.2, 0.25) is 0 Å². The third kappa shape index (κ3) is 0.882. The normalized spacial score (nSPS) is 42.7. The third-order valence-electron chi connectivity index (χ3n) is 3.04. The second kappa shape index (κ2) is 2.37. The molecule has 2 atom stereocenters. The Hall–Kier alpha value is -0.330. The highest BCUT2D eigenvalue weighted by Gasteiger charge is 2.33. The van der Waals surface area contributed by atoms with Gasteiger partial charge in [-0.05, 0) is 31.1 Å². The van der Waals surface area contributed by atoms with Crippen molar-refractivity contribution in [3.63, 3.8) is 0 Å². The molecule has 2 fully saturated rings. The minimum absolute atomic E-state index is 0.892. The molecule has 0 N–H and O–H groups in total. The zero-order valence-corrected chi connectivity index (χ0v) is 6.64. The number of nitrogens with zero attached hydrogens (tertiary/aromatic N) is 1. The van der Waals surface area contributed by atoms with Gasteiger partial charge in [-0.1, -0.05) is 12.8 Å². The maximum Gasteiger partial charge on any atom is 0.0276 e. The van der Waals surface area contributed by atoms with Gasteiger partial charge in [-0.2, -0.15) is 0 Å². The first-order valence-corrected chi connectivity index (χ1v) is 4.35. The molecule has 1 nitrogen and oxygen atoms in total. The van der Waals surface area contributed by atoms with Crippen LogP contribution < -0.4 is 0 Å². The Morgan fingerprint density at radius 1 is 1.40 bits per heavy atom. The predicted octanol–water partition coefficient (Wildman–Crippen LogP) is 2.27. The van der Waals surface area contributed by atoms with Gasteiger partial charge in [0, 0.05) is 12.8 Å². The molecule has 0 unspecified atom stereocenters. The number of fused-ring (bicyclic) bond motifs is 2. The van der Waals surface area contributed by atoms with Crippen molar-refractivity contribution < 1.29 is 0 Å². The molecular formula is C9H15N. The van der Waals surface area contributed by atoms with Crippen LogP contribution in [0.4, 0.5) is 0 Å². The molecule has 2 aliphatic rings. The van der Waals surface area contributed by atoms with Crippen LogP contribution in [0.5, 0.6) is 0 Å². The maximum absolute atomic E-state index is 4.35. The molecule has 0 radical (unpaired) electrons. The van der Waals surface area contributed by atoms with E-state index in [0.29, 0.717) is 0 Å². The number of hydrogen-bond donors (Lipinski definition) is 0. The van der Waals surface area contributed by atoms with E-state index in [1.807, 2.05) is 7.05 Å². The quantitative estimate of drug-likeness (QED) is 0.485. The van der Waals surface area contributed by atoms with Gasteiger partial charge in [-0.25, -0.2) is 0 Å². The molecule has 2 saturated carbocycles. The molecule has 0 aromatic rings. The monoisotopic (exact) mass is 137 g/mol. The Bertz CT molecular complexity index is 160. The maximum atomic E-state index is 4.35. The fraction of sp³-hybridized carbons (Fsp3) is 0.889. The second-order valence-corrected chi connectivity index (χ2v) is 3.65. The van der Waals surface area contributed by atoms with E-state index < -0.39 is 0 Å². The molecule has 2 rings (SSSR count). The van der Waals surface area contributed by atoms with Crippen molar-refractivity contribution in [2.45, 2.75) is 32.1 Å². The van der Waals surface area contributed by atoms with Crippen molar-refractivity contribution in [3.8, 4) is 0 Å². The zero-order chi connectivity index (χ0) is 6.97. The van der Waals surface area contributed by atoms with Crippen LogP contribution in [0.15, 0.2) is 4.99 Å². The van der Waals surface area contributed by atoms with Crippen molar-refractivity contribution in [1.29, 1.82) is 0 Å². The van der Waals surface area contributed by atoms with Gasteiger partial charge in [-0.15, -0.1) is 0 Å². The molecule has 10 heavy (non-hydrogen) atoms. The Morgan fingerprint density at radius 2 is 2.30 bits per heavy atom. The standard InChI is InChI=1S/C9H15N/c1-10-9-6-7-3-2-4-8(9)5-7/h7-8H,2-6H2,1H3/t7-,8+/m0/s1. The van der Waals surface area contributed by atoms with Crippen molar-refractivity contribution >= 4 is 5.71 Å². The summed E-state index contributed by atoms with van der Waals surface area (Å²) < 4.78 is 0. The van der Waals surface area contributed by atoms with Crippen LogP contribution >= 0.6 is 0 Å². The van der Waals surface area contributed by atoms with Gasteiger partial charge >= 0.3 is 0 Å². The first-order chi connectivity index (χ1) is 4.90. The molecule has 1 heteroatoms. The van der Waals surface area contributed by atoms with E-state index in [1.165, 1.54) is 37.8 Å². The third-order valence-corrected chi connectivity index (χ3v) is 3.04. The summed E-state index contributed by atoms with van der Waals surface area (Å²) in [5.74, 6) is 1.90. The average molecular weight is 137 g/mol. The highest BCUT2D eigenvalue weighted by atomic mass is 14.7. The van der Waals surface area contributed by atoms with Crippen molar-refractivity contribution in [2.24, 2.45) is 16.8 Å². The second-order valence-electron chi connectivity index (χ2n) is 3.65. The first-order valence-electron chi connectivity index (χ1n) is 4.35. The lowest BCUT2D eigenvalue weighted by Gasteiger charge is -2.16. The number of hydrogen-bond acceptors (Lipinski definition) is 1. The van der Waals surface area contributed by atoms with E-state index in [4.69, 9.17) is 0 Å². The average Bonchev–Trinajstić information content (AvgIpc) is 2.26. The van der Waals surface area contributed by atoms with Gasteiger partial charge in [0.15, 0.2) is 0 Å². The topological polar surface area (TPSA) is 12.4 Å². The lowest BCUT2D eigenvalue weighted by molar-refractivity contribution is 0.372. The largest absolute Gasteiger partial charge is 0.297 e. The lowest BCUT2D eigenvalue weighted by atomic mass is 9.89. The fourth-order valence-corrected chi connectivity index (χ4v) is 2.52. The zero-order valence-electron chi connectivity index (χ0n) is 6.64. The summed E-state index contributed by atoms with van der Waals surface area (Å²) >= 11 is 0. The molecular weight excluding hydrogens is 122 g/mol. The molecule has 2 aliphatic carbocycles. The molecule has 0 heterocycles. The van der Waals surface area contributed by atoms with Crippen LogP contribution in [-0.4, -0.2) is 12.8 Å². The summed E-state index contributed by atoms with van der Waals surface area (Å²) in [5.41, 5.74) is 1.52. The molecule has 56 valence electrons. The lowest BCUT2D eigenvalue weighted by Crippen LogP contribution is -2.08. The predicted molar refractivity (Wildman–Crippen MR) is 43.4 cm³/mol. The fourth-order valence-electron chi connectivity index (χ4n) is 2.52. The summed E-state index contributed by atoms with van der Waals surface area (Å²) in [6.45, 7) is 0. The van der Waals surface area contributed by atoms with E-state index in [2.05, 4.69) is 4.99 Å². The van der Waals surface area contributed by atoms with E-state index >= 15 is 0 Å². The van der Waals surface area contributed by atoms with Crippen molar-refractivity contribution in [3.05, 3.63) is 0 Å². The smallest absolute Gasteiger partial charge is 0.0276 e. The van der Waals surface area contributed by atoms with Gasteiger partial charge < -0.3 is 0 Å². The summed E-state index contributed by atoms with van der Waals surface area (Å²) in [7, 11) is 1.95. The van der Waals surface area contributed by atoms with E-state index in [0.717, 1.165) is 11.8 Å². The number of aliphatic imine (C=N–C) groups is 1. The highest BCUT2D eigenvalue weighted by molar-refractivity contribution is 5.89. The molecule has 0 spiro atoms. The van der Waals surface area contributed by atoms with Crippen LogP contribution in [0.2, 0.25) is 0 Å². The Balaban J connectivity index is 2.15. The minimum atomic E-state index is 0.892. The Morgan fingerprint density at radius 3 is 3.00 bits per heavy atom. The van der Waals surface area contributed by atoms with Gasteiger partial charge in [-0.3, -0.25) is 4.99 Å². The van der Waals surface area contributed by atoms with E-state index in [-0.39, 0.29) is 0 Å². The Kier molecular flexibility index (Phi) is 1.51. The minimum Gasteiger partial charge on any atom is -0.297 e. The SMILES string of the molecule is CN=C1C[C@H]2CCC[C@@H]1C2. The first kappa shape index (κ1) is 6.38. The van der Waals surface area contributed by atoms with Crippen LogP contribution in [0.25, 0.3) is 0 Å². The molecule has 2 bridgehead atoms. The van der Waals surface area contributed by atoms with Gasteiger partial charge in [0.05, 0.1) is 0 Å². The molecule has 0 aromatic heterocycles. The van der Waals surface area contributed by atoms with Crippen LogP contribution in [-0.2, 0) is 0 Å². The van der Waals surface area contributed by atoms with Crippen LogP contribution in [0, 0.1) is 11.8 Å². The molecule has 0 aromatic carbocycles. The van der Waals surface area contributed by atoms with E-state index in [9.17, 15) is 0 Å². The van der Waals surface area contributed by atoms with Gasteiger partial charge in [0.1, 0.15) is 0 Å². The highest BCUT2D eigenvalue weighted by Crippen LogP contribution is 2.39. The number of rotatable bonds is 0. The van der Waals surface area contributed by atoms with Crippen molar-refractivity contribution in [1.82, 2.24) is 0 Å².